The SMILES string of the molecule is C[C@H]1CN2C(=O)[C@H](C)NC(=O)[C@H]([C@@H](C)O)N(C)C(=O)[C@@H]3CCCN3C(=O)[C@@H](NC(=O)[C@H](Cc3cc(F)cc(F)c3)NC(=O)Nc3ccc4c(c3)OCO4)[C@H](C)OC3C(=O)C32C1. The van der Waals surface area contributed by atoms with Crippen molar-refractivity contribution >= 4 is 47.0 Å². The Morgan fingerprint density at radius 1 is 0.984 bits per heavy atom. The van der Waals surface area contributed by atoms with Crippen LogP contribution in [-0.4, -0.2) is 142 Å². The van der Waals surface area contributed by atoms with Gasteiger partial charge in [-0.2, -0.15) is 0 Å². The monoisotopic (exact) mass is 853 g/mol. The second-order valence-corrected chi connectivity index (χ2v) is 16.5. The predicted molar refractivity (Wildman–Crippen MR) is 209 cm³/mol. The minimum atomic E-state index is -1.63. The van der Waals surface area contributed by atoms with Crippen LogP contribution in [0.1, 0.15) is 52.5 Å². The first-order valence-corrected chi connectivity index (χ1v) is 20.2. The Kier molecular flexibility index (Phi) is 12.0. The maximum Gasteiger partial charge on any atom is 0.319 e. The summed E-state index contributed by atoms with van der Waals surface area (Å²) in [4.78, 5) is 102. The number of benzene rings is 2. The van der Waals surface area contributed by atoms with E-state index >= 15 is 0 Å². The highest BCUT2D eigenvalue weighted by Crippen LogP contribution is 2.51. The van der Waals surface area contributed by atoms with Gasteiger partial charge in [0.05, 0.1) is 12.2 Å². The molecular weight excluding hydrogens is 804 g/mol. The van der Waals surface area contributed by atoms with Gasteiger partial charge in [-0.05, 0) is 75.8 Å². The zero-order valence-corrected chi connectivity index (χ0v) is 34.2. The highest BCUT2D eigenvalue weighted by atomic mass is 19.1. The number of anilines is 1. The van der Waals surface area contributed by atoms with Crippen molar-refractivity contribution in [2.24, 2.45) is 5.92 Å². The van der Waals surface area contributed by atoms with Gasteiger partial charge in [0.15, 0.2) is 17.3 Å². The average Bonchev–Trinajstić information content (AvgIpc) is 3.74. The number of nitrogens with one attached hydrogen (secondary N) is 4. The molecule has 1 aliphatic carbocycles. The fourth-order valence-electron chi connectivity index (χ4n) is 8.98. The third-order valence-corrected chi connectivity index (χ3v) is 12.0. The van der Waals surface area contributed by atoms with Crippen molar-refractivity contribution < 1.29 is 61.7 Å². The molecule has 328 valence electrons. The molecule has 7 rings (SSSR count). The maximum absolute atomic E-state index is 14.8. The average molecular weight is 854 g/mol. The quantitative estimate of drug-likeness (QED) is 0.259. The normalized spacial score (nSPS) is 29.9. The number of hydrogen-bond donors (Lipinski definition) is 5. The lowest BCUT2D eigenvalue weighted by Gasteiger charge is -2.37. The van der Waals surface area contributed by atoms with Crippen molar-refractivity contribution in [3.8, 4) is 11.5 Å². The molecule has 5 N–H and O–H groups in total. The Labute approximate surface area is 349 Å². The van der Waals surface area contributed by atoms with Gasteiger partial charge >= 0.3 is 6.03 Å². The molecule has 1 spiro atoms. The number of aliphatic hydroxyl groups is 1. The lowest BCUT2D eigenvalue weighted by atomic mass is 10.0. The van der Waals surface area contributed by atoms with Crippen LogP contribution in [0.25, 0.3) is 0 Å². The number of fused-ring (bicyclic) bond motifs is 2. The molecule has 2 unspecified atom stereocenters. The molecule has 4 heterocycles. The van der Waals surface area contributed by atoms with Crippen LogP contribution in [0.15, 0.2) is 36.4 Å². The number of Topliss-reactive ketones (excluding diaryl/α,β-unsaturated/α-hetero) is 1. The molecule has 1 saturated carbocycles. The van der Waals surface area contributed by atoms with Crippen molar-refractivity contribution in [1.29, 1.82) is 0 Å². The summed E-state index contributed by atoms with van der Waals surface area (Å²) in [5.41, 5.74) is -1.19. The Balaban J connectivity index is 1.22. The summed E-state index contributed by atoms with van der Waals surface area (Å²) in [7, 11) is 1.30. The predicted octanol–water partition coefficient (Wildman–Crippen LogP) is 0.592. The third-order valence-electron chi connectivity index (χ3n) is 12.0. The summed E-state index contributed by atoms with van der Waals surface area (Å²) in [6.07, 6.45) is -3.68. The molecular formula is C41H49F2N7O11. The van der Waals surface area contributed by atoms with E-state index in [0.717, 1.165) is 17.0 Å². The molecule has 18 nitrogen and oxygen atoms in total. The van der Waals surface area contributed by atoms with Crippen LogP contribution >= 0.6 is 0 Å². The van der Waals surface area contributed by atoms with Gasteiger partial charge in [0.25, 0.3) is 0 Å². The number of hydrogen-bond acceptors (Lipinski definition) is 11. The summed E-state index contributed by atoms with van der Waals surface area (Å²) in [6.45, 7) is 6.20. The molecule has 2 aromatic carbocycles. The largest absolute Gasteiger partial charge is 0.454 e. The van der Waals surface area contributed by atoms with Gasteiger partial charge < -0.3 is 55.3 Å². The lowest BCUT2D eigenvalue weighted by molar-refractivity contribution is -0.153. The van der Waals surface area contributed by atoms with Gasteiger partial charge in [0.2, 0.25) is 36.3 Å². The van der Waals surface area contributed by atoms with E-state index in [1.165, 1.54) is 49.8 Å². The summed E-state index contributed by atoms with van der Waals surface area (Å²) in [5.74, 6) is -5.61. The maximum atomic E-state index is 14.8. The summed E-state index contributed by atoms with van der Waals surface area (Å²) in [5, 5.41) is 21.1. The number of halogens is 2. The summed E-state index contributed by atoms with van der Waals surface area (Å²) >= 11 is 0. The van der Waals surface area contributed by atoms with Gasteiger partial charge in [0, 0.05) is 44.4 Å². The summed E-state index contributed by atoms with van der Waals surface area (Å²) < 4.78 is 45.8. The number of ketones is 1. The molecule has 7 amide bonds. The molecule has 4 aliphatic heterocycles. The van der Waals surface area contributed by atoms with E-state index in [2.05, 4.69) is 21.3 Å². The number of carbonyl (C=O) groups is 7. The molecule has 20 heteroatoms. The number of likely N-dealkylation sites (N-methyl/N-ethyl adjacent to an activating group) is 1. The van der Waals surface area contributed by atoms with Crippen molar-refractivity contribution in [3.05, 3.63) is 53.6 Å². The van der Waals surface area contributed by atoms with Crippen LogP contribution in [0.4, 0.5) is 19.3 Å². The van der Waals surface area contributed by atoms with E-state index in [1.807, 2.05) is 6.92 Å². The number of nitrogens with zero attached hydrogens (tertiary/aromatic N) is 3. The van der Waals surface area contributed by atoms with Gasteiger partial charge in [-0.3, -0.25) is 28.8 Å². The van der Waals surface area contributed by atoms with E-state index < -0.39 is 113 Å². The Morgan fingerprint density at radius 3 is 2.39 bits per heavy atom. The van der Waals surface area contributed by atoms with Crippen LogP contribution in [0, 0.1) is 17.6 Å². The molecule has 61 heavy (non-hydrogen) atoms. The number of ether oxygens (including phenoxy) is 3. The first kappa shape index (κ1) is 43.2. The third kappa shape index (κ3) is 8.42. The van der Waals surface area contributed by atoms with E-state index in [-0.39, 0.29) is 49.9 Å². The van der Waals surface area contributed by atoms with Gasteiger partial charge in [0.1, 0.15) is 53.5 Å². The zero-order chi connectivity index (χ0) is 44.1. The fraction of sp³-hybridized carbons (Fsp3) is 0.537. The highest BCUT2D eigenvalue weighted by Gasteiger charge is 2.74. The molecule has 10 atom stereocenters. The number of rotatable bonds is 7. The van der Waals surface area contributed by atoms with Gasteiger partial charge in [-0.25, -0.2) is 13.6 Å². The first-order valence-electron chi connectivity index (χ1n) is 20.2. The van der Waals surface area contributed by atoms with Crippen LogP contribution in [0.3, 0.4) is 0 Å². The van der Waals surface area contributed by atoms with E-state index in [4.69, 9.17) is 14.2 Å². The standard InChI is InChI=1S/C41H49F2N7O11/c1-19-16-41-33(52)34(41)61-22(4)31(39(57)49-10-6-7-28(49)38(56)48(5)32(21(3)51)36(54)44-20(2)37(55)50(41)17-19)47-35(53)27(13-23-11-24(42)14-25(43)12-23)46-40(58)45-26-8-9-29-30(15-26)60-18-59-29/h8-9,11-12,14-15,19-22,27-28,31-32,34,51H,6-7,10,13,16-18H2,1-5H3,(H,44,54)(H,47,53)(H2,45,46,58)/t19-,20+,21-,22+,27+,28+,31+,32+,34?,41?/m1/s1. The smallest absolute Gasteiger partial charge is 0.319 e. The zero-order valence-electron chi connectivity index (χ0n) is 34.2. The number of carbonyl (C=O) groups excluding carboxylic acids is 7. The van der Waals surface area contributed by atoms with Crippen molar-refractivity contribution in [2.75, 3.05) is 32.2 Å². The fourth-order valence-corrected chi connectivity index (χ4v) is 8.98. The van der Waals surface area contributed by atoms with Crippen molar-refractivity contribution in [3.63, 3.8) is 0 Å². The van der Waals surface area contributed by atoms with Crippen LogP contribution in [-0.2, 0) is 39.9 Å². The molecule has 4 fully saturated rings. The Hall–Kier alpha value is -5.89. The van der Waals surface area contributed by atoms with Gasteiger partial charge in [-0.1, -0.05) is 6.92 Å². The molecule has 5 aliphatic rings. The summed E-state index contributed by atoms with van der Waals surface area (Å²) in [6, 6.07) is -0.757. The second-order valence-electron chi connectivity index (χ2n) is 16.5. The Bertz CT molecular complexity index is 2120. The minimum Gasteiger partial charge on any atom is -0.454 e. The van der Waals surface area contributed by atoms with Crippen LogP contribution in [0.5, 0.6) is 11.5 Å². The van der Waals surface area contributed by atoms with E-state index in [0.29, 0.717) is 24.0 Å². The van der Waals surface area contributed by atoms with Crippen molar-refractivity contribution in [2.45, 2.75) is 107 Å². The molecule has 3 saturated heterocycles. The highest BCUT2D eigenvalue weighted by molar-refractivity contribution is 6.14. The van der Waals surface area contributed by atoms with Crippen LogP contribution < -0.4 is 30.7 Å². The lowest BCUT2D eigenvalue weighted by Crippen LogP contribution is -2.63. The minimum absolute atomic E-state index is 0.0144. The first-order chi connectivity index (χ1) is 28.9. The Morgan fingerprint density at radius 2 is 1.69 bits per heavy atom. The topological polar surface area (TPSA) is 225 Å². The van der Waals surface area contributed by atoms with Crippen molar-refractivity contribution in [1.82, 2.24) is 30.7 Å². The van der Waals surface area contributed by atoms with Gasteiger partial charge in [-0.15, -0.1) is 0 Å². The van der Waals surface area contributed by atoms with Crippen LogP contribution in [0.2, 0.25) is 0 Å². The molecule has 2 aromatic rings. The van der Waals surface area contributed by atoms with E-state index in [9.17, 15) is 47.4 Å². The number of urea groups is 1. The molecule has 0 aromatic heterocycles. The van der Waals surface area contributed by atoms with E-state index in [1.54, 1.807) is 6.07 Å². The number of amides is 7. The molecule has 0 radical (unpaired) electrons. The molecule has 0 bridgehead atoms. The number of aliphatic hydroxyl groups excluding tert-OH is 1. The second kappa shape index (κ2) is 16.9.